The fourth-order valence-electron chi connectivity index (χ4n) is 2.00. The van der Waals surface area contributed by atoms with E-state index in [1.165, 1.54) is 29.5 Å². The highest BCUT2D eigenvalue weighted by Crippen LogP contribution is 2.31. The summed E-state index contributed by atoms with van der Waals surface area (Å²) in [5.41, 5.74) is 6.24. The van der Waals surface area contributed by atoms with Gasteiger partial charge in [-0.2, -0.15) is 0 Å². The first-order valence-corrected chi connectivity index (χ1v) is 6.68. The molecule has 1 saturated carbocycles. The van der Waals surface area contributed by atoms with E-state index in [2.05, 4.69) is 43.0 Å². The van der Waals surface area contributed by atoms with Gasteiger partial charge in [-0.15, -0.1) is 0 Å². The zero-order valence-corrected chi connectivity index (χ0v) is 11.1. The van der Waals surface area contributed by atoms with Crippen LogP contribution in [-0.2, 0) is 0 Å². The van der Waals surface area contributed by atoms with E-state index in [9.17, 15) is 0 Å². The van der Waals surface area contributed by atoms with E-state index in [0.717, 1.165) is 11.1 Å². The van der Waals surface area contributed by atoms with E-state index in [0.29, 0.717) is 0 Å². The van der Waals surface area contributed by atoms with Crippen molar-refractivity contribution in [2.24, 2.45) is 0 Å². The minimum Gasteiger partial charge on any atom is -0.0689 e. The minimum atomic E-state index is 1.06. The first kappa shape index (κ1) is 11.8. The predicted molar refractivity (Wildman–Crippen MR) is 80.8 cm³/mol. The van der Waals surface area contributed by atoms with Crippen LogP contribution in [0.3, 0.4) is 0 Å². The molecule has 0 heterocycles. The molecular weight excluding hydrogens is 228 g/mol. The molecule has 0 aromatic heterocycles. The van der Waals surface area contributed by atoms with Gasteiger partial charge in [-0.1, -0.05) is 53.8 Å². The topological polar surface area (TPSA) is 0 Å². The summed E-state index contributed by atoms with van der Waals surface area (Å²) in [5.74, 6) is 6.55. The summed E-state index contributed by atoms with van der Waals surface area (Å²) in [6, 6.07) is 16.6. The monoisotopic (exact) mass is 244 g/mol. The minimum absolute atomic E-state index is 1.06. The van der Waals surface area contributed by atoms with Crippen molar-refractivity contribution < 1.29 is 0 Å². The highest BCUT2D eigenvalue weighted by atomic mass is 14.2. The molecule has 0 spiro atoms. The predicted octanol–water partition coefficient (Wildman–Crippen LogP) is 4.57. The Morgan fingerprint density at radius 1 is 0.947 bits per heavy atom. The van der Waals surface area contributed by atoms with Crippen molar-refractivity contribution in [2.75, 3.05) is 0 Å². The Morgan fingerprint density at radius 2 is 1.74 bits per heavy atom. The second kappa shape index (κ2) is 5.16. The summed E-state index contributed by atoms with van der Waals surface area (Å²) in [7, 11) is 0. The van der Waals surface area contributed by atoms with Gasteiger partial charge in [0.1, 0.15) is 0 Å². The lowest BCUT2D eigenvalue weighted by Gasteiger charge is -2.00. The highest BCUT2D eigenvalue weighted by Gasteiger charge is 2.11. The Kier molecular flexibility index (Phi) is 3.21. The van der Waals surface area contributed by atoms with Crippen LogP contribution in [0, 0.1) is 18.8 Å². The Labute approximate surface area is 114 Å². The number of benzene rings is 2. The molecule has 1 fully saturated rings. The molecule has 0 N–H and O–H groups in total. The van der Waals surface area contributed by atoms with E-state index < -0.39 is 0 Å². The van der Waals surface area contributed by atoms with E-state index in [1.54, 1.807) is 0 Å². The second-order valence-corrected chi connectivity index (χ2v) is 5.01. The fourth-order valence-corrected chi connectivity index (χ4v) is 2.00. The Bertz CT molecular complexity index is 673. The molecule has 1 aliphatic carbocycles. The molecule has 1 aliphatic rings. The van der Waals surface area contributed by atoms with Gasteiger partial charge in [0.05, 0.1) is 0 Å². The number of hydrogen-bond acceptors (Lipinski definition) is 0. The van der Waals surface area contributed by atoms with E-state index >= 15 is 0 Å². The van der Waals surface area contributed by atoms with Crippen LogP contribution < -0.4 is 0 Å². The quantitative estimate of drug-likeness (QED) is 0.644. The van der Waals surface area contributed by atoms with Gasteiger partial charge >= 0.3 is 0 Å². The van der Waals surface area contributed by atoms with E-state index in [4.69, 9.17) is 0 Å². The van der Waals surface area contributed by atoms with Crippen molar-refractivity contribution >= 4 is 6.08 Å². The maximum absolute atomic E-state index is 3.31. The molecule has 0 heteroatoms. The van der Waals surface area contributed by atoms with Crippen molar-refractivity contribution in [1.82, 2.24) is 0 Å². The third kappa shape index (κ3) is 3.14. The summed E-state index contributed by atoms with van der Waals surface area (Å²) in [5, 5.41) is 0. The van der Waals surface area contributed by atoms with Crippen LogP contribution >= 0.6 is 0 Å². The first-order valence-electron chi connectivity index (χ1n) is 6.68. The molecule has 0 saturated heterocycles. The molecule has 2 aromatic rings. The molecule has 2 aromatic carbocycles. The second-order valence-electron chi connectivity index (χ2n) is 5.01. The van der Waals surface area contributed by atoms with Crippen LogP contribution in [0.2, 0.25) is 0 Å². The van der Waals surface area contributed by atoms with Crippen LogP contribution in [0.25, 0.3) is 6.08 Å². The lowest BCUT2D eigenvalue weighted by atomic mass is 10.0. The maximum atomic E-state index is 3.31. The Morgan fingerprint density at radius 3 is 2.47 bits per heavy atom. The normalized spacial score (nSPS) is 12.6. The highest BCUT2D eigenvalue weighted by molar-refractivity contribution is 5.64. The standard InChI is InChI=1S/C19H16/c1-15-7-11-19(14-17-8-9-17)18(13-15)12-10-16-5-3-2-4-6-16/h2-7,11,13-14H,8-9H2,1H3. The van der Waals surface area contributed by atoms with Gasteiger partial charge in [-0.3, -0.25) is 0 Å². The molecule has 0 radical (unpaired) electrons. The largest absolute Gasteiger partial charge is 0.0689 e. The molecular formula is C19H16. The molecule has 3 rings (SSSR count). The molecule has 0 aliphatic heterocycles. The van der Waals surface area contributed by atoms with Gasteiger partial charge in [-0.05, 0) is 49.1 Å². The van der Waals surface area contributed by atoms with Gasteiger partial charge in [0.15, 0.2) is 0 Å². The van der Waals surface area contributed by atoms with Gasteiger partial charge in [0.25, 0.3) is 0 Å². The lowest BCUT2D eigenvalue weighted by Crippen LogP contribution is -1.84. The molecule has 0 unspecified atom stereocenters. The van der Waals surface area contributed by atoms with Crippen LogP contribution in [0.4, 0.5) is 0 Å². The van der Waals surface area contributed by atoms with Crippen LogP contribution in [-0.4, -0.2) is 0 Å². The summed E-state index contributed by atoms with van der Waals surface area (Å²) in [6.07, 6.45) is 4.79. The molecule has 92 valence electrons. The third-order valence-electron chi connectivity index (χ3n) is 3.22. The molecule has 0 amide bonds. The molecule has 0 bridgehead atoms. The summed E-state index contributed by atoms with van der Waals surface area (Å²) in [4.78, 5) is 0. The lowest BCUT2D eigenvalue weighted by molar-refractivity contribution is 1.44. The maximum Gasteiger partial charge on any atom is 0.0324 e. The van der Waals surface area contributed by atoms with Crippen LogP contribution in [0.1, 0.15) is 35.1 Å². The Hall–Kier alpha value is -2.26. The van der Waals surface area contributed by atoms with Crippen molar-refractivity contribution in [3.8, 4) is 11.8 Å². The summed E-state index contributed by atoms with van der Waals surface area (Å²) in [6.45, 7) is 2.11. The van der Waals surface area contributed by atoms with Crippen LogP contribution in [0.15, 0.2) is 54.1 Å². The average Bonchev–Trinajstić information content (AvgIpc) is 3.24. The average molecular weight is 244 g/mol. The van der Waals surface area contributed by atoms with E-state index in [1.807, 2.05) is 30.3 Å². The van der Waals surface area contributed by atoms with E-state index in [-0.39, 0.29) is 0 Å². The van der Waals surface area contributed by atoms with Crippen molar-refractivity contribution in [3.05, 3.63) is 76.4 Å². The van der Waals surface area contributed by atoms with Crippen molar-refractivity contribution in [1.29, 1.82) is 0 Å². The smallest absolute Gasteiger partial charge is 0.0324 e. The number of allylic oxidation sites excluding steroid dienone is 1. The SMILES string of the molecule is Cc1ccc(C=C2CC2)c(C#Cc2ccccc2)c1. The van der Waals surface area contributed by atoms with Gasteiger partial charge in [-0.25, -0.2) is 0 Å². The molecule has 19 heavy (non-hydrogen) atoms. The first-order chi connectivity index (χ1) is 9.31. The number of rotatable bonds is 1. The zero-order chi connectivity index (χ0) is 13.1. The third-order valence-corrected chi connectivity index (χ3v) is 3.22. The molecule has 0 atom stereocenters. The van der Waals surface area contributed by atoms with Gasteiger partial charge < -0.3 is 0 Å². The fraction of sp³-hybridized carbons (Fsp3) is 0.158. The van der Waals surface area contributed by atoms with Gasteiger partial charge in [0, 0.05) is 11.1 Å². The number of aryl methyl sites for hydroxylation is 1. The van der Waals surface area contributed by atoms with Crippen molar-refractivity contribution in [3.63, 3.8) is 0 Å². The molecule has 0 nitrogen and oxygen atoms in total. The summed E-state index contributed by atoms with van der Waals surface area (Å²) < 4.78 is 0. The summed E-state index contributed by atoms with van der Waals surface area (Å²) >= 11 is 0. The van der Waals surface area contributed by atoms with Crippen molar-refractivity contribution in [2.45, 2.75) is 19.8 Å². The number of hydrogen-bond donors (Lipinski definition) is 0. The van der Waals surface area contributed by atoms with Crippen LogP contribution in [0.5, 0.6) is 0 Å². The van der Waals surface area contributed by atoms with Gasteiger partial charge in [0.2, 0.25) is 0 Å². The Balaban J connectivity index is 1.98. The zero-order valence-electron chi connectivity index (χ0n) is 11.1.